The van der Waals surface area contributed by atoms with Gasteiger partial charge in [-0.15, -0.1) is 0 Å². The van der Waals surface area contributed by atoms with Gasteiger partial charge >= 0.3 is 6.09 Å². The average Bonchev–Trinajstić information content (AvgIpc) is 3.18. The van der Waals surface area contributed by atoms with Crippen molar-refractivity contribution in [1.29, 1.82) is 0 Å². The molecule has 25 heavy (non-hydrogen) atoms. The average molecular weight is 343 g/mol. The first-order valence-electron chi connectivity index (χ1n) is 8.91. The molecule has 3 heterocycles. The van der Waals surface area contributed by atoms with Crippen molar-refractivity contribution >= 4 is 22.9 Å². The van der Waals surface area contributed by atoms with Crippen molar-refractivity contribution in [1.82, 2.24) is 19.9 Å². The third kappa shape index (κ3) is 3.27. The van der Waals surface area contributed by atoms with Gasteiger partial charge in [0.15, 0.2) is 0 Å². The van der Waals surface area contributed by atoms with Gasteiger partial charge in [-0.25, -0.2) is 14.8 Å². The van der Waals surface area contributed by atoms with Gasteiger partial charge in [-0.1, -0.05) is 0 Å². The van der Waals surface area contributed by atoms with Gasteiger partial charge in [0.2, 0.25) is 0 Å². The summed E-state index contributed by atoms with van der Waals surface area (Å²) in [6, 6.07) is 2.39. The number of nitrogens with zero attached hydrogens (tertiary/aromatic N) is 3. The highest BCUT2D eigenvalue weighted by molar-refractivity contribution is 5.86. The van der Waals surface area contributed by atoms with E-state index in [1.54, 1.807) is 6.33 Å². The van der Waals surface area contributed by atoms with Crippen LogP contribution in [-0.2, 0) is 4.74 Å². The number of fused-ring (bicyclic) bond motifs is 2. The fourth-order valence-electron chi connectivity index (χ4n) is 4.07. The molecule has 7 heteroatoms. The quantitative estimate of drug-likeness (QED) is 0.876. The summed E-state index contributed by atoms with van der Waals surface area (Å²) in [6.45, 7) is 7.31. The maximum Gasteiger partial charge on any atom is 0.410 e. The molecule has 7 nitrogen and oxygen atoms in total. The number of amides is 1. The molecule has 134 valence electrons. The monoisotopic (exact) mass is 343 g/mol. The smallest absolute Gasteiger partial charge is 0.410 e. The van der Waals surface area contributed by atoms with Crippen LogP contribution in [0.1, 0.15) is 33.6 Å². The Labute approximate surface area is 147 Å². The lowest BCUT2D eigenvalue weighted by Crippen LogP contribution is -2.36. The van der Waals surface area contributed by atoms with E-state index in [4.69, 9.17) is 4.74 Å². The molecule has 0 unspecified atom stereocenters. The van der Waals surface area contributed by atoms with Gasteiger partial charge in [0, 0.05) is 25.3 Å². The molecule has 2 aromatic heterocycles. The SMILES string of the molecule is CC(C)(C)OC(=O)N1C[C@H]2CC(Nc3ncnc4[nH]ccc34)C[C@@H]2C1. The van der Waals surface area contributed by atoms with Crippen molar-refractivity contribution in [2.24, 2.45) is 11.8 Å². The van der Waals surface area contributed by atoms with Gasteiger partial charge < -0.3 is 19.9 Å². The van der Waals surface area contributed by atoms with Crippen molar-refractivity contribution in [3.63, 3.8) is 0 Å². The standard InChI is InChI=1S/C18H25N5O2/c1-18(2,3)25-17(24)23-8-11-6-13(7-12(11)9-23)22-16-14-4-5-19-15(14)20-10-21-16/h4-5,10-13H,6-9H2,1-3H3,(H2,19,20,21,22)/t11-,12-/m1/s1. The zero-order valence-electron chi connectivity index (χ0n) is 15.0. The third-order valence-corrected chi connectivity index (χ3v) is 5.10. The maximum atomic E-state index is 12.2. The van der Waals surface area contributed by atoms with E-state index in [-0.39, 0.29) is 6.09 Å². The lowest BCUT2D eigenvalue weighted by atomic mass is 10.0. The van der Waals surface area contributed by atoms with Gasteiger partial charge in [0.25, 0.3) is 0 Å². The highest BCUT2D eigenvalue weighted by atomic mass is 16.6. The van der Waals surface area contributed by atoms with Crippen LogP contribution in [-0.4, -0.2) is 50.7 Å². The fourth-order valence-corrected chi connectivity index (χ4v) is 4.07. The molecule has 0 aromatic carbocycles. The topological polar surface area (TPSA) is 83.1 Å². The van der Waals surface area contributed by atoms with Crippen LogP contribution in [0.3, 0.4) is 0 Å². The second-order valence-corrected chi connectivity index (χ2v) is 8.18. The Morgan fingerprint density at radius 3 is 2.68 bits per heavy atom. The van der Waals surface area contributed by atoms with Crippen LogP contribution < -0.4 is 5.32 Å². The van der Waals surface area contributed by atoms with Gasteiger partial charge in [-0.05, 0) is 51.5 Å². The van der Waals surface area contributed by atoms with E-state index in [9.17, 15) is 4.79 Å². The molecule has 2 aromatic rings. The largest absolute Gasteiger partial charge is 0.444 e. The first kappa shape index (κ1) is 16.2. The van der Waals surface area contributed by atoms with E-state index in [1.165, 1.54) is 0 Å². The number of carbonyl (C=O) groups excluding carboxylic acids is 1. The molecule has 2 aliphatic rings. The van der Waals surface area contributed by atoms with Crippen molar-refractivity contribution in [2.45, 2.75) is 45.3 Å². The third-order valence-electron chi connectivity index (χ3n) is 5.10. The van der Waals surface area contributed by atoms with E-state index < -0.39 is 5.60 Å². The molecule has 0 spiro atoms. The van der Waals surface area contributed by atoms with Crippen LogP contribution in [0, 0.1) is 11.8 Å². The molecule has 2 N–H and O–H groups in total. The normalized spacial score (nSPS) is 23.9. The first-order chi connectivity index (χ1) is 11.9. The Bertz CT molecular complexity index is 767. The summed E-state index contributed by atoms with van der Waals surface area (Å²) in [5.41, 5.74) is 0.417. The van der Waals surface area contributed by atoms with Crippen LogP contribution in [0.4, 0.5) is 10.6 Å². The second kappa shape index (κ2) is 5.89. The Hall–Kier alpha value is -2.31. The molecule has 1 aliphatic heterocycles. The zero-order valence-corrected chi connectivity index (χ0v) is 15.0. The van der Waals surface area contributed by atoms with E-state index >= 15 is 0 Å². The number of aromatic nitrogens is 3. The summed E-state index contributed by atoms with van der Waals surface area (Å²) >= 11 is 0. The van der Waals surface area contributed by atoms with Crippen LogP contribution in [0.15, 0.2) is 18.6 Å². The van der Waals surface area contributed by atoms with Gasteiger partial charge in [0.05, 0.1) is 5.39 Å². The van der Waals surface area contributed by atoms with Crippen molar-refractivity contribution in [2.75, 3.05) is 18.4 Å². The summed E-state index contributed by atoms with van der Waals surface area (Å²) in [6.07, 6.45) is 5.39. The molecular formula is C18H25N5O2. The van der Waals surface area contributed by atoms with Gasteiger partial charge in [0.1, 0.15) is 23.4 Å². The Balaban J connectivity index is 1.37. The Kier molecular flexibility index (Phi) is 3.81. The summed E-state index contributed by atoms with van der Waals surface area (Å²) < 4.78 is 5.50. The zero-order chi connectivity index (χ0) is 17.6. The minimum atomic E-state index is -0.437. The Morgan fingerprint density at radius 2 is 2.00 bits per heavy atom. The second-order valence-electron chi connectivity index (χ2n) is 8.18. The number of carbonyl (C=O) groups is 1. The molecule has 1 saturated heterocycles. The molecule has 1 saturated carbocycles. The van der Waals surface area contributed by atoms with Gasteiger partial charge in [-0.2, -0.15) is 0 Å². The molecule has 0 bridgehead atoms. The highest BCUT2D eigenvalue weighted by Crippen LogP contribution is 2.40. The molecule has 1 aliphatic carbocycles. The first-order valence-corrected chi connectivity index (χ1v) is 8.91. The molecule has 1 amide bonds. The molecular weight excluding hydrogens is 318 g/mol. The molecule has 0 radical (unpaired) electrons. The molecule has 4 rings (SSSR count). The molecule has 2 atom stereocenters. The maximum absolute atomic E-state index is 12.2. The van der Waals surface area contributed by atoms with E-state index in [2.05, 4.69) is 20.3 Å². The predicted octanol–water partition coefficient (Wildman–Crippen LogP) is 3.02. The summed E-state index contributed by atoms with van der Waals surface area (Å²) in [4.78, 5) is 25.8. The van der Waals surface area contributed by atoms with Crippen molar-refractivity contribution < 1.29 is 9.53 Å². The van der Waals surface area contributed by atoms with Crippen LogP contribution in [0.2, 0.25) is 0 Å². The number of ether oxygens (including phenoxy) is 1. The van der Waals surface area contributed by atoms with Crippen LogP contribution >= 0.6 is 0 Å². The van der Waals surface area contributed by atoms with Crippen LogP contribution in [0.5, 0.6) is 0 Å². The molecule has 2 fully saturated rings. The highest BCUT2D eigenvalue weighted by Gasteiger charge is 2.43. The number of hydrogen-bond acceptors (Lipinski definition) is 5. The number of hydrogen-bond donors (Lipinski definition) is 2. The number of H-pyrrole nitrogens is 1. The van der Waals surface area contributed by atoms with Gasteiger partial charge in [-0.3, -0.25) is 0 Å². The predicted molar refractivity (Wildman–Crippen MR) is 95.3 cm³/mol. The summed E-state index contributed by atoms with van der Waals surface area (Å²) in [5.74, 6) is 1.96. The summed E-state index contributed by atoms with van der Waals surface area (Å²) in [5, 5.41) is 4.60. The number of aromatic amines is 1. The minimum absolute atomic E-state index is 0.184. The lowest BCUT2D eigenvalue weighted by molar-refractivity contribution is 0.0280. The van der Waals surface area contributed by atoms with Crippen LogP contribution in [0.25, 0.3) is 11.0 Å². The number of nitrogens with one attached hydrogen (secondary N) is 2. The van der Waals surface area contributed by atoms with E-state index in [1.807, 2.05) is 37.9 Å². The van der Waals surface area contributed by atoms with E-state index in [0.29, 0.717) is 17.9 Å². The number of likely N-dealkylation sites (tertiary alicyclic amines) is 1. The van der Waals surface area contributed by atoms with E-state index in [0.717, 1.165) is 42.8 Å². The number of anilines is 1. The van der Waals surface area contributed by atoms with Crippen molar-refractivity contribution in [3.05, 3.63) is 18.6 Å². The van der Waals surface area contributed by atoms with Crippen molar-refractivity contribution in [3.8, 4) is 0 Å². The summed E-state index contributed by atoms with van der Waals surface area (Å²) in [7, 11) is 0. The number of rotatable bonds is 2. The lowest BCUT2D eigenvalue weighted by Gasteiger charge is -2.25. The fraction of sp³-hybridized carbons (Fsp3) is 0.611. The Morgan fingerprint density at radius 1 is 1.28 bits per heavy atom. The minimum Gasteiger partial charge on any atom is -0.444 e.